The predicted octanol–water partition coefficient (Wildman–Crippen LogP) is 1.18. The smallest absolute Gasteiger partial charge is 0.346 e. The maximum atomic E-state index is 11.5. The molecule has 0 spiro atoms. The van der Waals surface area contributed by atoms with Crippen molar-refractivity contribution in [1.82, 2.24) is 0 Å². The molecular weight excluding hydrogens is 296 g/mol. The molecule has 0 bridgehead atoms. The number of carboxylic acids is 1. The Bertz CT molecular complexity index is 552. The van der Waals surface area contributed by atoms with Gasteiger partial charge in [0.05, 0.1) is 11.1 Å². The van der Waals surface area contributed by atoms with E-state index in [1.807, 2.05) is 0 Å². The zero-order valence-corrected chi connectivity index (χ0v) is 12.1. The Morgan fingerprint density at radius 2 is 1.05 bits per heavy atom. The lowest BCUT2D eigenvalue weighted by Gasteiger charge is -2.06. The summed E-state index contributed by atoms with van der Waals surface area (Å²) in [5.74, 6) is -4.37. The lowest BCUT2D eigenvalue weighted by atomic mass is 10.1. The van der Waals surface area contributed by atoms with Crippen LogP contribution in [-0.2, 0) is 23.9 Å². The quantitative estimate of drug-likeness (QED) is 0.638. The normalized spacial score (nSPS) is 8.86. The molecule has 8 nitrogen and oxygen atoms in total. The number of benzene rings is 1. The van der Waals surface area contributed by atoms with Gasteiger partial charge in [-0.3, -0.25) is 14.4 Å². The summed E-state index contributed by atoms with van der Waals surface area (Å²) in [5.41, 5.74) is -0.280. The molecule has 118 valence electrons. The summed E-state index contributed by atoms with van der Waals surface area (Å²) >= 11 is 0. The number of carbonyl (C=O) groups excluding carboxylic acids is 4. The minimum Gasteiger partial charge on any atom is -0.481 e. The van der Waals surface area contributed by atoms with Crippen LogP contribution in [-0.4, -0.2) is 35.0 Å². The standard InChI is InChI=1S/C12H10O6.C2H4O2/c1-7(13)17-11(15)9-5-3-4-6-10(9)12(16)18-8(2)14;1-2(3)4/h3-6H,1-2H3;1H3,(H,3,4). The number of aliphatic carboxylic acids is 1. The Kier molecular flexibility index (Phi) is 7.77. The molecule has 0 saturated carbocycles. The number of carboxylic acid groups (broad SMARTS) is 1. The number of ether oxygens (including phenoxy) is 2. The van der Waals surface area contributed by atoms with Crippen LogP contribution in [0.3, 0.4) is 0 Å². The summed E-state index contributed by atoms with van der Waals surface area (Å²) in [6, 6.07) is 5.56. The van der Waals surface area contributed by atoms with E-state index in [0.717, 1.165) is 20.8 Å². The Hall–Kier alpha value is -3.03. The van der Waals surface area contributed by atoms with Crippen LogP contribution < -0.4 is 0 Å². The van der Waals surface area contributed by atoms with Crippen molar-refractivity contribution in [3.05, 3.63) is 35.4 Å². The van der Waals surface area contributed by atoms with Crippen LogP contribution in [0.4, 0.5) is 0 Å². The molecule has 8 heteroatoms. The van der Waals surface area contributed by atoms with E-state index in [9.17, 15) is 19.2 Å². The van der Waals surface area contributed by atoms with E-state index in [-0.39, 0.29) is 11.1 Å². The van der Waals surface area contributed by atoms with Gasteiger partial charge in [0.2, 0.25) is 0 Å². The molecule has 1 aromatic carbocycles. The van der Waals surface area contributed by atoms with Crippen molar-refractivity contribution in [1.29, 1.82) is 0 Å². The van der Waals surface area contributed by atoms with Gasteiger partial charge in [-0.15, -0.1) is 0 Å². The highest BCUT2D eigenvalue weighted by molar-refractivity contribution is 6.07. The average Bonchev–Trinajstić information content (AvgIpc) is 2.36. The third kappa shape index (κ3) is 7.53. The highest BCUT2D eigenvalue weighted by Gasteiger charge is 2.20. The maximum Gasteiger partial charge on any atom is 0.346 e. The largest absolute Gasteiger partial charge is 0.481 e. The van der Waals surface area contributed by atoms with Crippen molar-refractivity contribution < 1.29 is 38.6 Å². The van der Waals surface area contributed by atoms with Crippen LogP contribution >= 0.6 is 0 Å². The molecule has 0 radical (unpaired) electrons. The Balaban J connectivity index is 0.000000980. The summed E-state index contributed by atoms with van der Waals surface area (Å²) in [6.07, 6.45) is 0. The van der Waals surface area contributed by atoms with Crippen LogP contribution in [0.25, 0.3) is 0 Å². The third-order valence-corrected chi connectivity index (χ3v) is 1.84. The van der Waals surface area contributed by atoms with E-state index >= 15 is 0 Å². The van der Waals surface area contributed by atoms with Crippen molar-refractivity contribution in [3.8, 4) is 0 Å². The molecule has 0 amide bonds. The summed E-state index contributed by atoms with van der Waals surface area (Å²) in [5, 5.41) is 7.42. The van der Waals surface area contributed by atoms with E-state index < -0.39 is 29.8 Å². The third-order valence-electron chi connectivity index (χ3n) is 1.84. The Labute approximate surface area is 125 Å². The summed E-state index contributed by atoms with van der Waals surface area (Å²) in [6.45, 7) is 3.21. The second kappa shape index (κ2) is 9.01. The average molecular weight is 310 g/mol. The van der Waals surface area contributed by atoms with E-state index in [2.05, 4.69) is 9.47 Å². The van der Waals surface area contributed by atoms with Gasteiger partial charge in [0.1, 0.15) is 0 Å². The monoisotopic (exact) mass is 310 g/mol. The number of hydrogen-bond donors (Lipinski definition) is 1. The fourth-order valence-electron chi connectivity index (χ4n) is 1.21. The second-order valence-corrected chi connectivity index (χ2v) is 3.83. The van der Waals surface area contributed by atoms with Crippen LogP contribution in [0.2, 0.25) is 0 Å². The number of rotatable bonds is 2. The van der Waals surface area contributed by atoms with E-state index in [4.69, 9.17) is 9.90 Å². The van der Waals surface area contributed by atoms with Gasteiger partial charge in [0.25, 0.3) is 5.97 Å². The molecule has 0 aliphatic heterocycles. The Morgan fingerprint density at radius 1 is 0.773 bits per heavy atom. The first-order valence-corrected chi connectivity index (χ1v) is 5.89. The van der Waals surface area contributed by atoms with Gasteiger partial charge in [-0.2, -0.15) is 0 Å². The first-order valence-electron chi connectivity index (χ1n) is 5.89. The lowest BCUT2D eigenvalue weighted by Crippen LogP contribution is -2.17. The van der Waals surface area contributed by atoms with Gasteiger partial charge in [0, 0.05) is 20.8 Å². The zero-order chi connectivity index (χ0) is 17.3. The molecule has 1 aromatic rings. The number of hydrogen-bond acceptors (Lipinski definition) is 7. The summed E-state index contributed by atoms with van der Waals surface area (Å²) in [7, 11) is 0. The predicted molar refractivity (Wildman–Crippen MR) is 71.9 cm³/mol. The molecule has 0 aromatic heterocycles. The first kappa shape index (κ1) is 19.0. The molecule has 0 unspecified atom stereocenters. The SMILES string of the molecule is CC(=O)O.CC(=O)OC(=O)c1ccccc1C(=O)OC(C)=O. The van der Waals surface area contributed by atoms with Crippen molar-refractivity contribution in [2.75, 3.05) is 0 Å². The molecular formula is C14H14O8. The lowest BCUT2D eigenvalue weighted by molar-refractivity contribution is -0.136. The topological polar surface area (TPSA) is 124 Å². The van der Waals surface area contributed by atoms with Crippen LogP contribution in [0.5, 0.6) is 0 Å². The van der Waals surface area contributed by atoms with Crippen molar-refractivity contribution in [2.45, 2.75) is 20.8 Å². The van der Waals surface area contributed by atoms with Gasteiger partial charge < -0.3 is 14.6 Å². The van der Waals surface area contributed by atoms with Crippen molar-refractivity contribution in [3.63, 3.8) is 0 Å². The molecule has 22 heavy (non-hydrogen) atoms. The zero-order valence-electron chi connectivity index (χ0n) is 12.1. The molecule has 0 atom stereocenters. The molecule has 0 fully saturated rings. The molecule has 0 heterocycles. The van der Waals surface area contributed by atoms with Crippen LogP contribution in [0.1, 0.15) is 41.5 Å². The molecule has 0 aliphatic carbocycles. The molecule has 1 N–H and O–H groups in total. The van der Waals surface area contributed by atoms with Gasteiger partial charge >= 0.3 is 23.9 Å². The minimum atomic E-state index is -0.974. The van der Waals surface area contributed by atoms with Crippen molar-refractivity contribution >= 4 is 29.8 Å². The minimum absolute atomic E-state index is 0.140. The fraction of sp³-hybridized carbons (Fsp3) is 0.214. The highest BCUT2D eigenvalue weighted by Crippen LogP contribution is 2.12. The number of esters is 4. The van der Waals surface area contributed by atoms with E-state index in [0.29, 0.717) is 0 Å². The first-order chi connectivity index (χ1) is 10.1. The fourth-order valence-corrected chi connectivity index (χ4v) is 1.21. The Morgan fingerprint density at radius 3 is 1.27 bits per heavy atom. The van der Waals surface area contributed by atoms with Gasteiger partial charge in [0.15, 0.2) is 0 Å². The van der Waals surface area contributed by atoms with Crippen molar-refractivity contribution in [2.24, 2.45) is 0 Å². The highest BCUT2D eigenvalue weighted by atomic mass is 16.6. The molecule has 0 aliphatic rings. The van der Waals surface area contributed by atoms with E-state index in [1.165, 1.54) is 24.3 Å². The van der Waals surface area contributed by atoms with Gasteiger partial charge in [-0.05, 0) is 12.1 Å². The maximum absolute atomic E-state index is 11.5. The molecule has 1 rings (SSSR count). The van der Waals surface area contributed by atoms with Crippen LogP contribution in [0, 0.1) is 0 Å². The summed E-state index contributed by atoms with van der Waals surface area (Å²) in [4.78, 5) is 53.4. The van der Waals surface area contributed by atoms with Gasteiger partial charge in [-0.1, -0.05) is 12.1 Å². The summed E-state index contributed by atoms with van der Waals surface area (Å²) < 4.78 is 8.72. The second-order valence-electron chi connectivity index (χ2n) is 3.83. The van der Waals surface area contributed by atoms with E-state index in [1.54, 1.807) is 0 Å². The molecule has 0 saturated heterocycles. The van der Waals surface area contributed by atoms with Crippen LogP contribution in [0.15, 0.2) is 24.3 Å². The number of carbonyl (C=O) groups is 5. The van der Waals surface area contributed by atoms with Gasteiger partial charge in [-0.25, -0.2) is 9.59 Å².